The summed E-state index contributed by atoms with van der Waals surface area (Å²) in [6.07, 6.45) is 5.11. The molecule has 1 aliphatic rings. The lowest BCUT2D eigenvalue weighted by atomic mass is 10.1. The number of nitrogens with zero attached hydrogens (tertiary/aromatic N) is 2. The van der Waals surface area contributed by atoms with E-state index < -0.39 is 0 Å². The largest absolute Gasteiger partial charge is 0.321 e. The normalized spacial score (nSPS) is 21.1. The first-order valence-electron chi connectivity index (χ1n) is 7.78. The van der Waals surface area contributed by atoms with E-state index in [9.17, 15) is 0 Å². The summed E-state index contributed by atoms with van der Waals surface area (Å²) in [5.74, 6) is 1.21. The van der Waals surface area contributed by atoms with Crippen molar-refractivity contribution < 1.29 is 0 Å². The molecule has 2 heterocycles. The van der Waals surface area contributed by atoms with E-state index in [2.05, 4.69) is 54.9 Å². The molecule has 1 fully saturated rings. The smallest absolute Gasteiger partial charge is 0.127 e. The number of nitrogens with one attached hydrogen (secondary N) is 1. The molecule has 0 bridgehead atoms. The molecule has 1 unspecified atom stereocenters. The molecule has 0 saturated carbocycles. The molecule has 3 heteroatoms. The minimum Gasteiger partial charge on any atom is -0.321 e. The fourth-order valence-electron chi connectivity index (χ4n) is 3.23. The Labute approximate surface area is 121 Å². The van der Waals surface area contributed by atoms with Crippen molar-refractivity contribution in [3.63, 3.8) is 0 Å². The molecule has 1 atom stereocenters. The number of para-hydroxylation sites is 2. The van der Waals surface area contributed by atoms with E-state index >= 15 is 0 Å². The Kier molecular flexibility index (Phi) is 3.55. The predicted octanol–water partition coefficient (Wildman–Crippen LogP) is 4.00. The van der Waals surface area contributed by atoms with Crippen molar-refractivity contribution in [3.8, 4) is 0 Å². The SMILES string of the molecule is CC(C)(C)n1c(C2CCCCCN2)nc2ccccc21. The maximum absolute atomic E-state index is 4.94. The topological polar surface area (TPSA) is 29.9 Å². The molecule has 3 nitrogen and oxygen atoms in total. The summed E-state index contributed by atoms with van der Waals surface area (Å²) in [6.45, 7) is 7.90. The number of fused-ring (bicyclic) bond motifs is 1. The minimum absolute atomic E-state index is 0.0550. The standard InChI is InChI=1S/C17H25N3/c1-17(2,3)20-15-11-7-6-9-13(15)19-16(20)14-10-5-4-8-12-18-14/h6-7,9,11,14,18H,4-5,8,10,12H2,1-3H3. The molecule has 108 valence electrons. The zero-order valence-corrected chi connectivity index (χ0v) is 12.8. The Bertz CT molecular complexity index is 584. The van der Waals surface area contributed by atoms with Gasteiger partial charge in [-0.25, -0.2) is 4.98 Å². The van der Waals surface area contributed by atoms with Crippen LogP contribution in [0.2, 0.25) is 0 Å². The second-order valence-electron chi connectivity index (χ2n) is 6.82. The Morgan fingerprint density at radius 1 is 1.15 bits per heavy atom. The van der Waals surface area contributed by atoms with Crippen molar-refractivity contribution in [1.82, 2.24) is 14.9 Å². The molecule has 20 heavy (non-hydrogen) atoms. The van der Waals surface area contributed by atoms with Gasteiger partial charge in [0, 0.05) is 5.54 Å². The van der Waals surface area contributed by atoms with Crippen LogP contribution >= 0.6 is 0 Å². The Balaban J connectivity index is 2.13. The highest BCUT2D eigenvalue weighted by atomic mass is 15.2. The molecule has 0 spiro atoms. The van der Waals surface area contributed by atoms with Gasteiger partial charge in [0.15, 0.2) is 0 Å². The summed E-state index contributed by atoms with van der Waals surface area (Å²) < 4.78 is 2.42. The summed E-state index contributed by atoms with van der Waals surface area (Å²) in [7, 11) is 0. The number of hydrogen-bond acceptors (Lipinski definition) is 2. The van der Waals surface area contributed by atoms with Crippen LogP contribution in [-0.4, -0.2) is 16.1 Å². The zero-order valence-electron chi connectivity index (χ0n) is 12.8. The number of hydrogen-bond donors (Lipinski definition) is 1. The highest BCUT2D eigenvalue weighted by Crippen LogP contribution is 2.31. The van der Waals surface area contributed by atoms with Crippen molar-refractivity contribution >= 4 is 11.0 Å². The second-order valence-corrected chi connectivity index (χ2v) is 6.82. The molecule has 2 aromatic rings. The first kappa shape index (κ1) is 13.6. The molecular weight excluding hydrogens is 246 g/mol. The summed E-state index contributed by atoms with van der Waals surface area (Å²) >= 11 is 0. The predicted molar refractivity (Wildman–Crippen MR) is 83.9 cm³/mol. The Morgan fingerprint density at radius 3 is 2.75 bits per heavy atom. The maximum Gasteiger partial charge on any atom is 0.127 e. The van der Waals surface area contributed by atoms with Gasteiger partial charge in [-0.05, 0) is 52.3 Å². The summed E-state index contributed by atoms with van der Waals surface area (Å²) in [5, 5.41) is 3.69. The van der Waals surface area contributed by atoms with E-state index in [4.69, 9.17) is 4.98 Å². The molecule has 1 aliphatic heterocycles. The van der Waals surface area contributed by atoms with Gasteiger partial charge in [-0.1, -0.05) is 25.0 Å². The monoisotopic (exact) mass is 271 g/mol. The van der Waals surface area contributed by atoms with Gasteiger partial charge in [0.05, 0.1) is 17.1 Å². The highest BCUT2D eigenvalue weighted by Gasteiger charge is 2.26. The summed E-state index contributed by atoms with van der Waals surface area (Å²) in [4.78, 5) is 4.94. The van der Waals surface area contributed by atoms with Crippen molar-refractivity contribution in [3.05, 3.63) is 30.1 Å². The quantitative estimate of drug-likeness (QED) is 0.849. The van der Waals surface area contributed by atoms with Gasteiger partial charge in [-0.3, -0.25) is 0 Å². The van der Waals surface area contributed by atoms with E-state index in [1.165, 1.54) is 37.0 Å². The van der Waals surface area contributed by atoms with Crippen molar-refractivity contribution in [2.24, 2.45) is 0 Å². The zero-order chi connectivity index (χ0) is 14.2. The van der Waals surface area contributed by atoms with E-state index in [0.29, 0.717) is 6.04 Å². The summed E-state index contributed by atoms with van der Waals surface area (Å²) in [6, 6.07) is 8.89. The highest BCUT2D eigenvalue weighted by molar-refractivity contribution is 5.76. The average Bonchev–Trinajstić information content (AvgIpc) is 2.59. The van der Waals surface area contributed by atoms with Crippen molar-refractivity contribution in [2.45, 2.75) is 58.0 Å². The van der Waals surface area contributed by atoms with E-state index in [-0.39, 0.29) is 5.54 Å². The number of benzene rings is 1. The third-order valence-corrected chi connectivity index (χ3v) is 4.13. The summed E-state index contributed by atoms with van der Waals surface area (Å²) in [5.41, 5.74) is 2.42. The van der Waals surface area contributed by atoms with Gasteiger partial charge in [-0.2, -0.15) is 0 Å². The van der Waals surface area contributed by atoms with Crippen LogP contribution in [0.25, 0.3) is 11.0 Å². The molecular formula is C17H25N3. The minimum atomic E-state index is 0.0550. The van der Waals surface area contributed by atoms with Gasteiger partial charge >= 0.3 is 0 Å². The lowest BCUT2D eigenvalue weighted by molar-refractivity contribution is 0.366. The molecule has 1 saturated heterocycles. The number of aromatic nitrogens is 2. The molecule has 0 amide bonds. The van der Waals surface area contributed by atoms with Crippen LogP contribution in [0, 0.1) is 0 Å². The fraction of sp³-hybridized carbons (Fsp3) is 0.588. The van der Waals surface area contributed by atoms with Gasteiger partial charge in [0.2, 0.25) is 0 Å². The lowest BCUT2D eigenvalue weighted by Gasteiger charge is -2.27. The van der Waals surface area contributed by atoms with Crippen LogP contribution in [-0.2, 0) is 5.54 Å². The van der Waals surface area contributed by atoms with Crippen LogP contribution in [0.5, 0.6) is 0 Å². The molecule has 1 N–H and O–H groups in total. The van der Waals surface area contributed by atoms with Crippen molar-refractivity contribution in [2.75, 3.05) is 6.54 Å². The lowest BCUT2D eigenvalue weighted by Crippen LogP contribution is -2.30. The third kappa shape index (κ3) is 2.47. The first-order valence-corrected chi connectivity index (χ1v) is 7.78. The maximum atomic E-state index is 4.94. The Morgan fingerprint density at radius 2 is 1.95 bits per heavy atom. The van der Waals surface area contributed by atoms with Crippen LogP contribution in [0.1, 0.15) is 58.3 Å². The van der Waals surface area contributed by atoms with Crippen molar-refractivity contribution in [1.29, 1.82) is 0 Å². The van der Waals surface area contributed by atoms with Gasteiger partial charge < -0.3 is 9.88 Å². The number of rotatable bonds is 1. The third-order valence-electron chi connectivity index (χ3n) is 4.13. The molecule has 1 aromatic heterocycles. The van der Waals surface area contributed by atoms with Crippen LogP contribution in [0.15, 0.2) is 24.3 Å². The van der Waals surface area contributed by atoms with E-state index in [0.717, 1.165) is 12.1 Å². The molecule has 1 aromatic carbocycles. The van der Waals surface area contributed by atoms with Crippen LogP contribution in [0.4, 0.5) is 0 Å². The van der Waals surface area contributed by atoms with Crippen LogP contribution < -0.4 is 5.32 Å². The van der Waals surface area contributed by atoms with E-state index in [1.807, 2.05) is 0 Å². The van der Waals surface area contributed by atoms with Gasteiger partial charge in [-0.15, -0.1) is 0 Å². The molecule has 0 radical (unpaired) electrons. The van der Waals surface area contributed by atoms with Gasteiger partial charge in [0.25, 0.3) is 0 Å². The van der Waals surface area contributed by atoms with Crippen LogP contribution in [0.3, 0.4) is 0 Å². The fourth-order valence-corrected chi connectivity index (χ4v) is 3.23. The second kappa shape index (κ2) is 5.21. The van der Waals surface area contributed by atoms with Gasteiger partial charge in [0.1, 0.15) is 5.82 Å². The van der Waals surface area contributed by atoms with E-state index in [1.54, 1.807) is 0 Å². The first-order chi connectivity index (χ1) is 9.57. The average molecular weight is 271 g/mol. The molecule has 3 rings (SSSR count). The number of imidazole rings is 1. The Hall–Kier alpha value is -1.35. The molecule has 0 aliphatic carbocycles.